The molecular weight excluding hydrogens is 372 g/mol. The van der Waals surface area contributed by atoms with Crippen LogP contribution >= 0.6 is 23.5 Å². The first-order valence-electron chi connectivity index (χ1n) is 9.10. The maximum Gasteiger partial charge on any atom is 0.195 e. The van der Waals surface area contributed by atoms with Crippen LogP contribution in [0.15, 0.2) is 64.6 Å². The van der Waals surface area contributed by atoms with Crippen LogP contribution in [0.1, 0.15) is 17.8 Å². The molecule has 1 heterocycles. The number of thioether (sulfide) groups is 2. The second-order valence-corrected chi connectivity index (χ2v) is 8.79. The Balaban J connectivity index is 1.75. The van der Waals surface area contributed by atoms with Gasteiger partial charge in [0.2, 0.25) is 0 Å². The van der Waals surface area contributed by atoms with Gasteiger partial charge in [0.15, 0.2) is 5.16 Å². The summed E-state index contributed by atoms with van der Waals surface area (Å²) in [6, 6.07) is 19.0. The number of benzene rings is 2. The molecule has 3 rings (SSSR count). The molecule has 0 spiro atoms. The highest BCUT2D eigenvalue weighted by atomic mass is 32.2. The van der Waals surface area contributed by atoms with Crippen molar-refractivity contribution in [2.75, 3.05) is 26.4 Å². The largest absolute Gasteiger partial charge is 0.309 e. The van der Waals surface area contributed by atoms with Gasteiger partial charge in [-0.05, 0) is 58.3 Å². The molecule has 0 saturated heterocycles. The van der Waals surface area contributed by atoms with Crippen LogP contribution < -0.4 is 0 Å². The highest BCUT2D eigenvalue weighted by Crippen LogP contribution is 2.27. The number of aryl methyl sites for hydroxylation is 1. The summed E-state index contributed by atoms with van der Waals surface area (Å²) >= 11 is 3.58. The minimum Gasteiger partial charge on any atom is -0.309 e. The van der Waals surface area contributed by atoms with Crippen LogP contribution in [0.4, 0.5) is 0 Å². The van der Waals surface area contributed by atoms with Gasteiger partial charge in [0.1, 0.15) is 5.82 Å². The van der Waals surface area contributed by atoms with Crippen molar-refractivity contribution < 1.29 is 0 Å². The molecule has 0 atom stereocenters. The summed E-state index contributed by atoms with van der Waals surface area (Å²) in [4.78, 5) is 3.47. The van der Waals surface area contributed by atoms with Crippen molar-refractivity contribution in [1.82, 2.24) is 19.7 Å². The zero-order valence-corrected chi connectivity index (χ0v) is 17.8. The van der Waals surface area contributed by atoms with Crippen LogP contribution in [0.25, 0.3) is 5.69 Å². The van der Waals surface area contributed by atoms with Gasteiger partial charge in [0, 0.05) is 16.3 Å². The predicted molar refractivity (Wildman–Crippen MR) is 116 cm³/mol. The molecule has 0 fully saturated rings. The van der Waals surface area contributed by atoms with Gasteiger partial charge in [-0.15, -0.1) is 22.0 Å². The molecule has 0 aliphatic heterocycles. The van der Waals surface area contributed by atoms with Crippen LogP contribution in [-0.4, -0.2) is 46.1 Å². The second-order valence-electron chi connectivity index (χ2n) is 6.68. The lowest BCUT2D eigenvalue weighted by Crippen LogP contribution is -2.13. The summed E-state index contributed by atoms with van der Waals surface area (Å²) in [5, 5.41) is 9.96. The van der Waals surface area contributed by atoms with E-state index in [4.69, 9.17) is 0 Å². The van der Waals surface area contributed by atoms with Crippen LogP contribution in [0.2, 0.25) is 0 Å². The van der Waals surface area contributed by atoms with Crippen molar-refractivity contribution >= 4 is 23.5 Å². The van der Waals surface area contributed by atoms with E-state index in [9.17, 15) is 0 Å². The van der Waals surface area contributed by atoms with Gasteiger partial charge in [-0.25, -0.2) is 0 Å². The van der Waals surface area contributed by atoms with Gasteiger partial charge in [-0.2, -0.15) is 0 Å². The third-order valence-corrected chi connectivity index (χ3v) is 6.11. The molecule has 2 aromatic carbocycles. The Morgan fingerprint density at radius 2 is 1.67 bits per heavy atom. The fourth-order valence-electron chi connectivity index (χ4n) is 2.65. The molecule has 1 aromatic heterocycles. The van der Waals surface area contributed by atoms with Crippen molar-refractivity contribution in [2.45, 2.75) is 29.1 Å². The molecule has 0 saturated carbocycles. The first kappa shape index (κ1) is 20.0. The van der Waals surface area contributed by atoms with Crippen molar-refractivity contribution in [1.29, 1.82) is 0 Å². The number of rotatable bonds is 9. The smallest absolute Gasteiger partial charge is 0.195 e. The number of para-hydroxylation sites is 1. The van der Waals surface area contributed by atoms with E-state index in [0.29, 0.717) is 0 Å². The average molecular weight is 399 g/mol. The molecule has 0 aliphatic carbocycles. The summed E-state index contributed by atoms with van der Waals surface area (Å²) in [7, 11) is 4.22. The molecule has 6 heteroatoms. The van der Waals surface area contributed by atoms with Crippen LogP contribution in [0, 0.1) is 6.92 Å². The van der Waals surface area contributed by atoms with Crippen molar-refractivity contribution in [3.63, 3.8) is 0 Å². The van der Waals surface area contributed by atoms with Gasteiger partial charge < -0.3 is 4.90 Å². The van der Waals surface area contributed by atoms with Crippen LogP contribution in [0.5, 0.6) is 0 Å². The zero-order chi connectivity index (χ0) is 19.1. The third-order valence-electron chi connectivity index (χ3n) is 4.08. The second kappa shape index (κ2) is 9.97. The molecule has 0 aliphatic rings. The molecule has 27 heavy (non-hydrogen) atoms. The summed E-state index contributed by atoms with van der Waals surface area (Å²) in [6.45, 7) is 3.20. The van der Waals surface area contributed by atoms with E-state index < -0.39 is 0 Å². The average Bonchev–Trinajstić information content (AvgIpc) is 3.08. The molecule has 0 radical (unpaired) electrons. The number of nitrogens with zero attached hydrogens (tertiary/aromatic N) is 4. The Hall–Kier alpha value is -1.76. The monoisotopic (exact) mass is 398 g/mol. The zero-order valence-electron chi connectivity index (χ0n) is 16.1. The number of hydrogen-bond acceptors (Lipinski definition) is 5. The van der Waals surface area contributed by atoms with Gasteiger partial charge in [-0.1, -0.05) is 47.7 Å². The molecule has 142 valence electrons. The Bertz CT molecular complexity index is 829. The summed E-state index contributed by atoms with van der Waals surface area (Å²) < 4.78 is 2.20. The molecule has 4 nitrogen and oxygen atoms in total. The van der Waals surface area contributed by atoms with E-state index in [1.165, 1.54) is 10.5 Å². The summed E-state index contributed by atoms with van der Waals surface area (Å²) in [5.74, 6) is 2.82. The Morgan fingerprint density at radius 1 is 0.926 bits per heavy atom. The number of aromatic nitrogens is 3. The van der Waals surface area contributed by atoms with Crippen LogP contribution in [-0.2, 0) is 5.75 Å². The summed E-state index contributed by atoms with van der Waals surface area (Å²) in [5.41, 5.74) is 2.40. The molecular formula is C21H26N4S2. The number of hydrogen-bond donors (Lipinski definition) is 0. The maximum absolute atomic E-state index is 4.50. The van der Waals surface area contributed by atoms with Crippen molar-refractivity contribution in [3.05, 3.63) is 66.0 Å². The molecule has 0 amide bonds. The fourth-order valence-corrected chi connectivity index (χ4v) is 4.36. The van der Waals surface area contributed by atoms with E-state index in [-0.39, 0.29) is 0 Å². The highest BCUT2D eigenvalue weighted by molar-refractivity contribution is 7.99. The Labute approximate surface area is 170 Å². The molecule has 0 bridgehead atoms. The SMILES string of the molecule is Cc1ccc(SCc2nnc(SCCCN(C)C)n2-c2ccccc2)cc1. The van der Waals surface area contributed by atoms with E-state index in [1.807, 2.05) is 6.07 Å². The fraction of sp³-hybridized carbons (Fsp3) is 0.333. The van der Waals surface area contributed by atoms with Gasteiger partial charge in [0.05, 0.1) is 5.75 Å². The van der Waals surface area contributed by atoms with Gasteiger partial charge >= 0.3 is 0 Å². The Morgan fingerprint density at radius 3 is 2.37 bits per heavy atom. The highest BCUT2D eigenvalue weighted by Gasteiger charge is 2.14. The minimum atomic E-state index is 0.795. The standard InChI is InChI=1S/C21H26N4S2/c1-17-10-12-19(13-11-17)27-16-20-22-23-21(26-15-7-14-24(2)3)25(20)18-8-5-4-6-9-18/h4-6,8-13H,7,14-16H2,1-3H3. The van der Waals surface area contributed by atoms with Crippen molar-refractivity contribution in [2.24, 2.45) is 0 Å². The van der Waals surface area contributed by atoms with Gasteiger partial charge in [-0.3, -0.25) is 4.57 Å². The lowest BCUT2D eigenvalue weighted by molar-refractivity contribution is 0.410. The van der Waals surface area contributed by atoms with E-state index in [1.54, 1.807) is 23.5 Å². The predicted octanol–water partition coefficient (Wildman–Crippen LogP) is 4.91. The van der Waals surface area contributed by atoms with E-state index >= 15 is 0 Å². The first-order valence-corrected chi connectivity index (χ1v) is 11.1. The van der Waals surface area contributed by atoms with Crippen LogP contribution in [0.3, 0.4) is 0 Å². The minimum absolute atomic E-state index is 0.795. The van der Waals surface area contributed by atoms with E-state index in [2.05, 4.69) is 89.2 Å². The summed E-state index contributed by atoms with van der Waals surface area (Å²) in [6.07, 6.45) is 1.13. The lowest BCUT2D eigenvalue weighted by Gasteiger charge is -2.11. The van der Waals surface area contributed by atoms with Crippen molar-refractivity contribution in [3.8, 4) is 5.69 Å². The third kappa shape index (κ3) is 5.86. The van der Waals surface area contributed by atoms with E-state index in [0.717, 1.165) is 41.1 Å². The molecule has 0 N–H and O–H groups in total. The van der Waals surface area contributed by atoms with Gasteiger partial charge in [0.25, 0.3) is 0 Å². The first-order chi connectivity index (χ1) is 13.1. The lowest BCUT2D eigenvalue weighted by atomic mass is 10.2. The molecule has 3 aromatic rings. The maximum atomic E-state index is 4.50. The topological polar surface area (TPSA) is 34.0 Å². The quantitative estimate of drug-likeness (QED) is 0.378. The molecule has 0 unspecified atom stereocenters. The normalized spacial score (nSPS) is 11.3. The Kier molecular flexibility index (Phi) is 7.38.